The molecule has 0 saturated carbocycles. The van der Waals surface area contributed by atoms with E-state index in [1.807, 2.05) is 25.1 Å². The lowest BCUT2D eigenvalue weighted by Gasteiger charge is -2.33. The Bertz CT molecular complexity index is 668. The second-order valence-corrected chi connectivity index (χ2v) is 6.83. The molecule has 1 aliphatic heterocycles. The molecule has 0 radical (unpaired) electrons. The number of benzene rings is 1. The van der Waals surface area contributed by atoms with Crippen LogP contribution in [0, 0.1) is 0 Å². The number of carbonyl (C=O) groups excluding carboxylic acids is 3. The van der Waals surface area contributed by atoms with Gasteiger partial charge in [0, 0.05) is 24.7 Å². The van der Waals surface area contributed by atoms with Crippen molar-refractivity contribution in [3.05, 3.63) is 34.9 Å². The maximum absolute atomic E-state index is 12.3. The Hall–Kier alpha value is -2.12. The van der Waals surface area contributed by atoms with E-state index >= 15 is 0 Å². The van der Waals surface area contributed by atoms with Gasteiger partial charge in [0.2, 0.25) is 11.8 Å². The fourth-order valence-electron chi connectivity index (χ4n) is 2.80. The SMILES string of the molecule is CCCCOC(=O)CC1C(=O)NCCN1CC(=O)NCc1ccccc1Cl. The molecule has 1 aromatic rings. The highest BCUT2D eigenvalue weighted by Gasteiger charge is 2.33. The van der Waals surface area contributed by atoms with Crippen molar-refractivity contribution in [3.63, 3.8) is 0 Å². The number of piperazine rings is 1. The zero-order chi connectivity index (χ0) is 19.6. The molecule has 1 atom stereocenters. The van der Waals surface area contributed by atoms with Crippen molar-refractivity contribution in [3.8, 4) is 0 Å². The summed E-state index contributed by atoms with van der Waals surface area (Å²) in [5.74, 6) is -0.909. The molecule has 1 aliphatic rings. The number of esters is 1. The van der Waals surface area contributed by atoms with Crippen LogP contribution >= 0.6 is 11.6 Å². The Morgan fingerprint density at radius 3 is 2.89 bits per heavy atom. The highest BCUT2D eigenvalue weighted by Crippen LogP contribution is 2.14. The van der Waals surface area contributed by atoms with Crippen LogP contribution in [0.15, 0.2) is 24.3 Å². The van der Waals surface area contributed by atoms with Crippen molar-refractivity contribution >= 4 is 29.4 Å². The Morgan fingerprint density at radius 2 is 2.15 bits per heavy atom. The first-order valence-corrected chi connectivity index (χ1v) is 9.56. The standard InChI is InChI=1S/C19H26ClN3O4/c1-2-3-10-27-18(25)11-16-19(26)21-8-9-23(16)13-17(24)22-12-14-6-4-5-7-15(14)20/h4-7,16H,2-3,8-13H2,1H3,(H,21,26)(H,22,24). The molecule has 0 aliphatic carbocycles. The molecular formula is C19H26ClN3O4. The van der Waals surface area contributed by atoms with Crippen molar-refractivity contribution in [1.29, 1.82) is 0 Å². The molecule has 1 heterocycles. The number of nitrogens with one attached hydrogen (secondary N) is 2. The highest BCUT2D eigenvalue weighted by molar-refractivity contribution is 6.31. The minimum atomic E-state index is -0.695. The van der Waals surface area contributed by atoms with Gasteiger partial charge in [-0.05, 0) is 18.1 Å². The molecule has 2 rings (SSSR count). The third-order valence-electron chi connectivity index (χ3n) is 4.34. The number of hydrogen-bond acceptors (Lipinski definition) is 5. The first-order valence-electron chi connectivity index (χ1n) is 9.18. The van der Waals surface area contributed by atoms with Gasteiger partial charge in [-0.2, -0.15) is 0 Å². The molecule has 1 aromatic carbocycles. The van der Waals surface area contributed by atoms with Crippen molar-refractivity contribution in [2.45, 2.75) is 38.8 Å². The summed E-state index contributed by atoms with van der Waals surface area (Å²) in [6.07, 6.45) is 1.65. The number of halogens is 1. The molecule has 0 spiro atoms. The van der Waals surface area contributed by atoms with Gasteiger partial charge >= 0.3 is 5.97 Å². The average molecular weight is 396 g/mol. The molecule has 2 N–H and O–H groups in total. The van der Waals surface area contributed by atoms with E-state index in [9.17, 15) is 14.4 Å². The predicted molar refractivity (Wildman–Crippen MR) is 102 cm³/mol. The second kappa shape index (κ2) is 10.9. The van der Waals surface area contributed by atoms with Crippen molar-refractivity contribution in [2.75, 3.05) is 26.2 Å². The first-order chi connectivity index (χ1) is 13.0. The fraction of sp³-hybridized carbons (Fsp3) is 0.526. The minimum Gasteiger partial charge on any atom is -0.466 e. The minimum absolute atomic E-state index is 0.0325. The number of hydrogen-bond donors (Lipinski definition) is 2. The van der Waals surface area contributed by atoms with Gasteiger partial charge in [-0.15, -0.1) is 0 Å². The van der Waals surface area contributed by atoms with E-state index in [1.54, 1.807) is 11.0 Å². The third kappa shape index (κ3) is 6.84. The Balaban J connectivity index is 1.87. The van der Waals surface area contributed by atoms with Gasteiger partial charge in [0.05, 0.1) is 19.6 Å². The third-order valence-corrected chi connectivity index (χ3v) is 4.71. The lowest BCUT2D eigenvalue weighted by atomic mass is 10.1. The molecule has 0 aromatic heterocycles. The summed E-state index contributed by atoms with van der Waals surface area (Å²) in [4.78, 5) is 38.1. The van der Waals surface area contributed by atoms with Gasteiger partial charge in [-0.1, -0.05) is 43.1 Å². The number of unbranched alkanes of at least 4 members (excludes halogenated alkanes) is 1. The van der Waals surface area contributed by atoms with Crippen LogP contribution in [0.2, 0.25) is 5.02 Å². The van der Waals surface area contributed by atoms with Crippen molar-refractivity contribution in [1.82, 2.24) is 15.5 Å². The largest absolute Gasteiger partial charge is 0.466 e. The van der Waals surface area contributed by atoms with Crippen LogP contribution in [0.5, 0.6) is 0 Å². The maximum Gasteiger partial charge on any atom is 0.307 e. The van der Waals surface area contributed by atoms with Gasteiger partial charge in [-0.25, -0.2) is 0 Å². The van der Waals surface area contributed by atoms with Gasteiger partial charge in [-0.3, -0.25) is 19.3 Å². The Labute approximate surface area is 164 Å². The Morgan fingerprint density at radius 1 is 1.37 bits per heavy atom. The zero-order valence-corrected chi connectivity index (χ0v) is 16.3. The van der Waals surface area contributed by atoms with Crippen molar-refractivity contribution in [2.24, 2.45) is 0 Å². The van der Waals surface area contributed by atoms with E-state index in [-0.39, 0.29) is 24.8 Å². The topological polar surface area (TPSA) is 87.7 Å². The van der Waals surface area contributed by atoms with Crippen LogP contribution in [0.3, 0.4) is 0 Å². The maximum atomic E-state index is 12.3. The summed E-state index contributed by atoms with van der Waals surface area (Å²) in [5, 5.41) is 6.13. The molecule has 1 saturated heterocycles. The van der Waals surface area contributed by atoms with E-state index in [1.165, 1.54) is 0 Å². The highest BCUT2D eigenvalue weighted by atomic mass is 35.5. The van der Waals surface area contributed by atoms with Crippen LogP contribution in [-0.2, 0) is 25.7 Å². The van der Waals surface area contributed by atoms with Crippen LogP contribution in [0.1, 0.15) is 31.7 Å². The lowest BCUT2D eigenvalue weighted by molar-refractivity contribution is -0.149. The molecule has 2 amide bonds. The number of rotatable bonds is 9. The number of amides is 2. The first kappa shape index (κ1) is 21.2. The molecule has 1 fully saturated rings. The summed E-state index contributed by atoms with van der Waals surface area (Å²) in [7, 11) is 0. The van der Waals surface area contributed by atoms with E-state index in [2.05, 4.69) is 10.6 Å². The van der Waals surface area contributed by atoms with Crippen LogP contribution in [0.4, 0.5) is 0 Å². The molecule has 1 unspecified atom stereocenters. The number of carbonyl (C=O) groups is 3. The summed E-state index contributed by atoms with van der Waals surface area (Å²) >= 11 is 6.09. The van der Waals surface area contributed by atoms with Crippen LogP contribution in [0.25, 0.3) is 0 Å². The van der Waals surface area contributed by atoms with Gasteiger partial charge in [0.15, 0.2) is 0 Å². The van der Waals surface area contributed by atoms with E-state index in [0.717, 1.165) is 18.4 Å². The Kier molecular flexibility index (Phi) is 8.54. The van der Waals surface area contributed by atoms with E-state index in [0.29, 0.717) is 31.3 Å². The number of nitrogens with zero attached hydrogens (tertiary/aromatic N) is 1. The average Bonchev–Trinajstić information content (AvgIpc) is 2.64. The molecule has 7 nitrogen and oxygen atoms in total. The molecule has 8 heteroatoms. The predicted octanol–water partition coefficient (Wildman–Crippen LogP) is 1.49. The normalized spacial score (nSPS) is 17.3. The quantitative estimate of drug-likeness (QED) is 0.488. The van der Waals surface area contributed by atoms with Gasteiger partial charge in [0.25, 0.3) is 0 Å². The second-order valence-electron chi connectivity index (χ2n) is 6.42. The zero-order valence-electron chi connectivity index (χ0n) is 15.5. The smallest absolute Gasteiger partial charge is 0.307 e. The fourth-order valence-corrected chi connectivity index (χ4v) is 3.00. The summed E-state index contributed by atoms with van der Waals surface area (Å²) in [6, 6.07) is 6.58. The van der Waals surface area contributed by atoms with Crippen LogP contribution in [-0.4, -0.2) is 55.0 Å². The number of ether oxygens (including phenoxy) is 1. The monoisotopic (exact) mass is 395 g/mol. The van der Waals surface area contributed by atoms with E-state index in [4.69, 9.17) is 16.3 Å². The summed E-state index contributed by atoms with van der Waals surface area (Å²) in [5.41, 5.74) is 0.819. The molecule has 0 bridgehead atoms. The summed E-state index contributed by atoms with van der Waals surface area (Å²) in [6.45, 7) is 3.64. The van der Waals surface area contributed by atoms with Gasteiger partial charge < -0.3 is 15.4 Å². The van der Waals surface area contributed by atoms with E-state index < -0.39 is 12.0 Å². The molecular weight excluding hydrogens is 370 g/mol. The molecule has 148 valence electrons. The van der Waals surface area contributed by atoms with Gasteiger partial charge in [0.1, 0.15) is 6.04 Å². The summed E-state index contributed by atoms with van der Waals surface area (Å²) < 4.78 is 5.14. The lowest BCUT2D eigenvalue weighted by Crippen LogP contribution is -2.57. The van der Waals surface area contributed by atoms with Crippen LogP contribution < -0.4 is 10.6 Å². The molecule has 27 heavy (non-hydrogen) atoms. The van der Waals surface area contributed by atoms with Crippen molar-refractivity contribution < 1.29 is 19.1 Å².